The van der Waals surface area contributed by atoms with Crippen molar-refractivity contribution in [2.45, 2.75) is 58.6 Å². The first kappa shape index (κ1) is 14.3. The number of rotatable bonds is 4. The van der Waals surface area contributed by atoms with Crippen molar-refractivity contribution in [3.05, 3.63) is 0 Å². The van der Waals surface area contributed by atoms with Crippen LogP contribution in [0.3, 0.4) is 0 Å². The van der Waals surface area contributed by atoms with Crippen LogP contribution in [0.15, 0.2) is 0 Å². The minimum absolute atomic E-state index is 0.0996. The maximum absolute atomic E-state index is 11.6. The number of hydrogen-bond donors (Lipinski definition) is 3. The highest BCUT2D eigenvalue weighted by Gasteiger charge is 2.25. The van der Waals surface area contributed by atoms with E-state index in [1.807, 2.05) is 0 Å². The van der Waals surface area contributed by atoms with Crippen molar-refractivity contribution in [2.75, 3.05) is 6.54 Å². The fraction of sp³-hybridized carbons (Fsp3) is 0.923. The van der Waals surface area contributed by atoms with E-state index in [9.17, 15) is 4.79 Å². The zero-order valence-electron chi connectivity index (χ0n) is 11.2. The van der Waals surface area contributed by atoms with Crippen molar-refractivity contribution in [3.63, 3.8) is 0 Å². The maximum atomic E-state index is 11.6. The van der Waals surface area contributed by atoms with Crippen LogP contribution in [0.4, 0.5) is 4.79 Å². The molecule has 4 nitrogen and oxygen atoms in total. The van der Waals surface area contributed by atoms with Crippen LogP contribution < -0.4 is 10.6 Å². The Morgan fingerprint density at radius 1 is 1.35 bits per heavy atom. The van der Waals surface area contributed by atoms with Gasteiger partial charge < -0.3 is 15.7 Å². The second-order valence-corrected chi connectivity index (χ2v) is 5.50. The number of amides is 2. The molecule has 1 aliphatic carbocycles. The summed E-state index contributed by atoms with van der Waals surface area (Å²) in [7, 11) is 0. The summed E-state index contributed by atoms with van der Waals surface area (Å²) in [6.45, 7) is 6.79. The van der Waals surface area contributed by atoms with Gasteiger partial charge in [-0.25, -0.2) is 4.79 Å². The van der Waals surface area contributed by atoms with E-state index in [2.05, 4.69) is 24.5 Å². The zero-order valence-corrected chi connectivity index (χ0v) is 11.2. The average Bonchev–Trinajstić information content (AvgIpc) is 2.23. The van der Waals surface area contributed by atoms with Crippen LogP contribution in [0.5, 0.6) is 0 Å². The van der Waals surface area contributed by atoms with Crippen LogP contribution in [0.2, 0.25) is 0 Å². The Labute approximate surface area is 104 Å². The second-order valence-electron chi connectivity index (χ2n) is 5.50. The molecular formula is C13H26N2O2. The van der Waals surface area contributed by atoms with Crippen LogP contribution in [-0.4, -0.2) is 29.8 Å². The highest BCUT2D eigenvalue weighted by Crippen LogP contribution is 2.29. The Kier molecular flexibility index (Phi) is 5.75. The van der Waals surface area contributed by atoms with E-state index >= 15 is 0 Å². The standard InChI is InChI=1S/C13H26N2O2/c1-9-4-5-12(8-10(9)2)15-13(17)14-7-6-11(3)16/h9-12,16H,4-8H2,1-3H3,(H2,14,15,17). The van der Waals surface area contributed by atoms with Gasteiger partial charge in [-0.2, -0.15) is 0 Å². The Morgan fingerprint density at radius 3 is 2.65 bits per heavy atom. The molecule has 0 aromatic heterocycles. The molecule has 0 aliphatic heterocycles. The summed E-state index contributed by atoms with van der Waals surface area (Å²) in [5.41, 5.74) is 0. The molecule has 100 valence electrons. The van der Waals surface area contributed by atoms with Crippen LogP contribution in [0, 0.1) is 11.8 Å². The fourth-order valence-corrected chi connectivity index (χ4v) is 2.31. The van der Waals surface area contributed by atoms with Crippen molar-refractivity contribution in [2.24, 2.45) is 11.8 Å². The molecule has 0 heterocycles. The molecule has 17 heavy (non-hydrogen) atoms. The zero-order chi connectivity index (χ0) is 12.8. The van der Waals surface area contributed by atoms with E-state index in [0.717, 1.165) is 18.8 Å². The normalized spacial score (nSPS) is 30.7. The molecule has 4 unspecified atom stereocenters. The quantitative estimate of drug-likeness (QED) is 0.705. The van der Waals surface area contributed by atoms with Gasteiger partial charge in [0.15, 0.2) is 0 Å². The van der Waals surface area contributed by atoms with Crippen molar-refractivity contribution >= 4 is 6.03 Å². The lowest BCUT2D eigenvalue weighted by Crippen LogP contribution is -2.45. The summed E-state index contributed by atoms with van der Waals surface area (Å²) in [4.78, 5) is 11.6. The highest BCUT2D eigenvalue weighted by molar-refractivity contribution is 5.74. The lowest BCUT2D eigenvalue weighted by atomic mass is 9.79. The summed E-state index contributed by atoms with van der Waals surface area (Å²) in [5, 5.41) is 14.9. The smallest absolute Gasteiger partial charge is 0.315 e. The predicted octanol–water partition coefficient (Wildman–Crippen LogP) is 1.88. The number of nitrogens with one attached hydrogen (secondary N) is 2. The monoisotopic (exact) mass is 242 g/mol. The summed E-state index contributed by atoms with van der Waals surface area (Å²) in [6, 6.07) is 0.213. The first-order valence-electron chi connectivity index (χ1n) is 6.71. The fourth-order valence-electron chi connectivity index (χ4n) is 2.31. The van der Waals surface area contributed by atoms with Gasteiger partial charge in [0, 0.05) is 12.6 Å². The van der Waals surface area contributed by atoms with Gasteiger partial charge in [0.25, 0.3) is 0 Å². The number of carbonyl (C=O) groups excluding carboxylic acids is 1. The molecule has 0 radical (unpaired) electrons. The van der Waals surface area contributed by atoms with E-state index < -0.39 is 0 Å². The summed E-state index contributed by atoms with van der Waals surface area (Å²) >= 11 is 0. The van der Waals surface area contributed by atoms with E-state index in [1.54, 1.807) is 6.92 Å². The van der Waals surface area contributed by atoms with Crippen molar-refractivity contribution in [1.82, 2.24) is 10.6 Å². The molecular weight excluding hydrogens is 216 g/mol. The molecule has 0 aromatic carbocycles. The first-order valence-corrected chi connectivity index (χ1v) is 6.71. The molecule has 0 saturated heterocycles. The van der Waals surface area contributed by atoms with E-state index in [4.69, 9.17) is 5.11 Å². The molecule has 4 atom stereocenters. The van der Waals surface area contributed by atoms with Crippen LogP contribution in [0.25, 0.3) is 0 Å². The van der Waals surface area contributed by atoms with E-state index in [0.29, 0.717) is 24.9 Å². The third kappa shape index (κ3) is 5.39. The summed E-state index contributed by atoms with van der Waals surface area (Å²) in [6.07, 6.45) is 3.59. The molecule has 3 N–H and O–H groups in total. The van der Waals surface area contributed by atoms with Crippen molar-refractivity contribution in [1.29, 1.82) is 0 Å². The number of urea groups is 1. The topological polar surface area (TPSA) is 61.4 Å². The van der Waals surface area contributed by atoms with Crippen molar-refractivity contribution < 1.29 is 9.90 Å². The molecule has 2 amide bonds. The van der Waals surface area contributed by atoms with Gasteiger partial charge in [0.1, 0.15) is 0 Å². The second kappa shape index (κ2) is 6.84. The largest absolute Gasteiger partial charge is 0.393 e. The number of aliphatic hydroxyl groups excluding tert-OH is 1. The van der Waals surface area contributed by atoms with Gasteiger partial charge >= 0.3 is 6.03 Å². The third-order valence-electron chi connectivity index (χ3n) is 3.78. The van der Waals surface area contributed by atoms with Gasteiger partial charge in [-0.15, -0.1) is 0 Å². The van der Waals surface area contributed by atoms with Gasteiger partial charge in [-0.1, -0.05) is 13.8 Å². The highest BCUT2D eigenvalue weighted by atomic mass is 16.3. The summed E-state index contributed by atoms with van der Waals surface area (Å²) < 4.78 is 0. The van der Waals surface area contributed by atoms with E-state index in [1.165, 1.54) is 6.42 Å². The third-order valence-corrected chi connectivity index (χ3v) is 3.78. The summed E-state index contributed by atoms with van der Waals surface area (Å²) in [5.74, 6) is 1.46. The first-order chi connectivity index (χ1) is 7.99. The Hall–Kier alpha value is -0.770. The minimum Gasteiger partial charge on any atom is -0.393 e. The molecule has 0 spiro atoms. The van der Waals surface area contributed by atoms with Crippen molar-refractivity contribution in [3.8, 4) is 0 Å². The Bertz CT molecular complexity index is 244. The van der Waals surface area contributed by atoms with Crippen LogP contribution in [-0.2, 0) is 0 Å². The average molecular weight is 242 g/mol. The number of hydrogen-bond acceptors (Lipinski definition) is 2. The molecule has 1 aliphatic rings. The van der Waals surface area contributed by atoms with Gasteiger partial charge in [0.2, 0.25) is 0 Å². The minimum atomic E-state index is -0.356. The van der Waals surface area contributed by atoms with Gasteiger partial charge in [-0.05, 0) is 44.4 Å². The lowest BCUT2D eigenvalue weighted by Gasteiger charge is -2.32. The predicted molar refractivity (Wildman–Crippen MR) is 68.8 cm³/mol. The molecule has 1 fully saturated rings. The molecule has 4 heteroatoms. The molecule has 0 bridgehead atoms. The Morgan fingerprint density at radius 2 is 2.06 bits per heavy atom. The van der Waals surface area contributed by atoms with Crippen LogP contribution in [0.1, 0.15) is 46.5 Å². The molecule has 1 saturated carbocycles. The molecule has 1 rings (SSSR count). The van der Waals surface area contributed by atoms with Gasteiger partial charge in [-0.3, -0.25) is 0 Å². The number of aliphatic hydroxyl groups is 1. The lowest BCUT2D eigenvalue weighted by molar-refractivity contribution is 0.181. The van der Waals surface area contributed by atoms with Crippen LogP contribution >= 0.6 is 0 Å². The maximum Gasteiger partial charge on any atom is 0.315 e. The Balaban J connectivity index is 2.18. The SMILES string of the molecule is CC(O)CCNC(=O)NC1CCC(C)C(C)C1. The van der Waals surface area contributed by atoms with E-state index in [-0.39, 0.29) is 12.1 Å². The molecule has 0 aromatic rings. The van der Waals surface area contributed by atoms with Gasteiger partial charge in [0.05, 0.1) is 6.10 Å². The number of carbonyl (C=O) groups is 1.